The zero-order valence-corrected chi connectivity index (χ0v) is 11.6. The lowest BCUT2D eigenvalue weighted by atomic mass is 10.0. The van der Waals surface area contributed by atoms with E-state index in [1.807, 2.05) is 18.2 Å². The summed E-state index contributed by atoms with van der Waals surface area (Å²) in [6.07, 6.45) is 0. The van der Waals surface area contributed by atoms with Gasteiger partial charge in [-0.1, -0.05) is 0 Å². The molecule has 1 aromatic carbocycles. The molecule has 0 radical (unpaired) electrons. The zero-order chi connectivity index (χ0) is 13.2. The Morgan fingerprint density at radius 3 is 2.61 bits per heavy atom. The third-order valence-electron chi connectivity index (χ3n) is 3.30. The second-order valence-corrected chi connectivity index (χ2v) is 5.27. The summed E-state index contributed by atoms with van der Waals surface area (Å²) >= 11 is 0. The molecule has 1 aliphatic heterocycles. The monoisotopic (exact) mass is 250 g/mol. The van der Waals surface area contributed by atoms with Gasteiger partial charge >= 0.3 is 0 Å². The number of rotatable bonds is 3. The molecule has 0 unspecified atom stereocenters. The Kier molecular flexibility index (Phi) is 3.66. The number of benzene rings is 1. The highest BCUT2D eigenvalue weighted by Gasteiger charge is 2.27. The first-order valence-electron chi connectivity index (χ1n) is 6.28. The fourth-order valence-electron chi connectivity index (χ4n) is 2.39. The molecular formula is C14H22N2O2. The zero-order valence-electron chi connectivity index (χ0n) is 11.6. The number of piperazine rings is 1. The standard InChI is InChI=1S/C14H22N2O2/c1-14(2)10-16(8-7-15-14)12-9-11(17-3)5-6-13(12)18-4/h5-6,9,15H,7-8,10H2,1-4H3. The number of nitrogens with zero attached hydrogens (tertiary/aromatic N) is 1. The van der Waals surface area contributed by atoms with Crippen molar-refractivity contribution in [3.05, 3.63) is 18.2 Å². The molecule has 1 heterocycles. The van der Waals surface area contributed by atoms with Gasteiger partial charge in [0.05, 0.1) is 19.9 Å². The highest BCUT2D eigenvalue weighted by atomic mass is 16.5. The Morgan fingerprint density at radius 2 is 2.00 bits per heavy atom. The minimum absolute atomic E-state index is 0.117. The second kappa shape index (κ2) is 5.06. The Bertz CT molecular complexity index is 418. The van der Waals surface area contributed by atoms with Crippen LogP contribution in [0.4, 0.5) is 5.69 Å². The summed E-state index contributed by atoms with van der Waals surface area (Å²) < 4.78 is 10.7. The van der Waals surface area contributed by atoms with Crippen molar-refractivity contribution in [1.29, 1.82) is 0 Å². The van der Waals surface area contributed by atoms with Gasteiger partial charge in [0.2, 0.25) is 0 Å². The molecular weight excluding hydrogens is 228 g/mol. The lowest BCUT2D eigenvalue weighted by molar-refractivity contribution is 0.348. The van der Waals surface area contributed by atoms with Crippen LogP contribution in [0.5, 0.6) is 11.5 Å². The Balaban J connectivity index is 2.30. The van der Waals surface area contributed by atoms with E-state index in [0.717, 1.165) is 36.8 Å². The first-order chi connectivity index (χ1) is 8.55. The van der Waals surface area contributed by atoms with Gasteiger partial charge in [0.25, 0.3) is 0 Å². The smallest absolute Gasteiger partial charge is 0.142 e. The van der Waals surface area contributed by atoms with E-state index in [-0.39, 0.29) is 5.54 Å². The van der Waals surface area contributed by atoms with Crippen molar-refractivity contribution < 1.29 is 9.47 Å². The summed E-state index contributed by atoms with van der Waals surface area (Å²) in [6.45, 7) is 7.34. The fraction of sp³-hybridized carbons (Fsp3) is 0.571. The fourth-order valence-corrected chi connectivity index (χ4v) is 2.39. The van der Waals surface area contributed by atoms with E-state index in [4.69, 9.17) is 9.47 Å². The molecule has 0 spiro atoms. The normalized spacial score (nSPS) is 18.6. The van der Waals surface area contributed by atoms with Crippen LogP contribution in [0, 0.1) is 0 Å². The summed E-state index contributed by atoms with van der Waals surface area (Å²) in [7, 11) is 3.39. The van der Waals surface area contributed by atoms with Gasteiger partial charge in [0.15, 0.2) is 0 Å². The maximum atomic E-state index is 5.45. The molecule has 1 aliphatic rings. The predicted molar refractivity (Wildman–Crippen MR) is 73.8 cm³/mol. The Labute approximate surface area is 109 Å². The van der Waals surface area contributed by atoms with Crippen molar-refractivity contribution in [2.45, 2.75) is 19.4 Å². The average molecular weight is 250 g/mol. The van der Waals surface area contributed by atoms with Crippen molar-refractivity contribution in [1.82, 2.24) is 5.32 Å². The predicted octanol–water partition coefficient (Wildman–Crippen LogP) is 1.89. The van der Waals surface area contributed by atoms with E-state index in [1.54, 1.807) is 14.2 Å². The van der Waals surface area contributed by atoms with Crippen LogP contribution in [-0.4, -0.2) is 39.4 Å². The molecule has 2 rings (SSSR count). The molecule has 4 nitrogen and oxygen atoms in total. The number of ether oxygens (including phenoxy) is 2. The largest absolute Gasteiger partial charge is 0.497 e. The van der Waals surface area contributed by atoms with E-state index < -0.39 is 0 Å². The van der Waals surface area contributed by atoms with Crippen LogP contribution in [0.1, 0.15) is 13.8 Å². The summed E-state index contributed by atoms with van der Waals surface area (Å²) in [5.74, 6) is 1.76. The van der Waals surface area contributed by atoms with Gasteiger partial charge in [-0.15, -0.1) is 0 Å². The molecule has 4 heteroatoms. The molecule has 1 N–H and O–H groups in total. The highest BCUT2D eigenvalue weighted by Crippen LogP contribution is 2.33. The van der Waals surface area contributed by atoms with Crippen molar-refractivity contribution in [3.8, 4) is 11.5 Å². The van der Waals surface area contributed by atoms with Gasteiger partial charge < -0.3 is 19.7 Å². The lowest BCUT2D eigenvalue weighted by Crippen LogP contribution is -2.57. The summed E-state index contributed by atoms with van der Waals surface area (Å²) in [4.78, 5) is 2.35. The van der Waals surface area contributed by atoms with Crippen LogP contribution >= 0.6 is 0 Å². The summed E-state index contributed by atoms with van der Waals surface area (Å²) in [6, 6.07) is 5.93. The van der Waals surface area contributed by atoms with E-state index in [0.29, 0.717) is 0 Å². The van der Waals surface area contributed by atoms with Gasteiger partial charge in [-0.3, -0.25) is 0 Å². The molecule has 1 aromatic rings. The number of hydrogen-bond donors (Lipinski definition) is 1. The molecule has 0 bridgehead atoms. The van der Waals surface area contributed by atoms with Gasteiger partial charge in [-0.25, -0.2) is 0 Å². The molecule has 0 amide bonds. The van der Waals surface area contributed by atoms with Gasteiger partial charge in [-0.2, -0.15) is 0 Å². The topological polar surface area (TPSA) is 33.7 Å². The van der Waals surface area contributed by atoms with Crippen LogP contribution in [0.15, 0.2) is 18.2 Å². The van der Waals surface area contributed by atoms with Gasteiger partial charge in [-0.05, 0) is 26.0 Å². The first-order valence-corrected chi connectivity index (χ1v) is 6.28. The molecule has 0 aliphatic carbocycles. The van der Waals surface area contributed by atoms with Crippen LogP contribution < -0.4 is 19.7 Å². The van der Waals surface area contributed by atoms with E-state index in [2.05, 4.69) is 24.1 Å². The molecule has 0 saturated carbocycles. The number of hydrogen-bond acceptors (Lipinski definition) is 4. The lowest BCUT2D eigenvalue weighted by Gasteiger charge is -2.40. The van der Waals surface area contributed by atoms with Gasteiger partial charge in [0.1, 0.15) is 11.5 Å². The van der Waals surface area contributed by atoms with Crippen LogP contribution in [0.2, 0.25) is 0 Å². The molecule has 0 aromatic heterocycles. The van der Waals surface area contributed by atoms with Crippen LogP contribution in [-0.2, 0) is 0 Å². The van der Waals surface area contributed by atoms with Crippen LogP contribution in [0.25, 0.3) is 0 Å². The highest BCUT2D eigenvalue weighted by molar-refractivity contribution is 5.62. The number of anilines is 1. The SMILES string of the molecule is COc1ccc(OC)c(N2CCNC(C)(C)C2)c1. The number of nitrogens with one attached hydrogen (secondary N) is 1. The van der Waals surface area contributed by atoms with Crippen molar-refractivity contribution in [2.24, 2.45) is 0 Å². The summed E-state index contributed by atoms with van der Waals surface area (Å²) in [5.41, 5.74) is 1.22. The van der Waals surface area contributed by atoms with Crippen molar-refractivity contribution >= 4 is 5.69 Å². The van der Waals surface area contributed by atoms with Crippen molar-refractivity contribution in [2.75, 3.05) is 38.8 Å². The molecule has 18 heavy (non-hydrogen) atoms. The third kappa shape index (κ3) is 2.70. The average Bonchev–Trinajstić information content (AvgIpc) is 2.36. The minimum Gasteiger partial charge on any atom is -0.497 e. The van der Waals surface area contributed by atoms with E-state index in [9.17, 15) is 0 Å². The molecule has 0 atom stereocenters. The molecule has 1 saturated heterocycles. The van der Waals surface area contributed by atoms with Crippen LogP contribution in [0.3, 0.4) is 0 Å². The Morgan fingerprint density at radius 1 is 1.22 bits per heavy atom. The van der Waals surface area contributed by atoms with Crippen molar-refractivity contribution in [3.63, 3.8) is 0 Å². The molecule has 100 valence electrons. The quantitative estimate of drug-likeness (QED) is 0.888. The first kappa shape index (κ1) is 13.0. The maximum Gasteiger partial charge on any atom is 0.142 e. The summed E-state index contributed by atoms with van der Waals surface area (Å²) in [5, 5.41) is 3.51. The minimum atomic E-state index is 0.117. The third-order valence-corrected chi connectivity index (χ3v) is 3.30. The van der Waals surface area contributed by atoms with Gasteiger partial charge in [0, 0.05) is 31.2 Å². The number of methoxy groups -OCH3 is 2. The maximum absolute atomic E-state index is 5.45. The van der Waals surface area contributed by atoms with E-state index in [1.165, 1.54) is 0 Å². The molecule has 1 fully saturated rings. The van der Waals surface area contributed by atoms with E-state index >= 15 is 0 Å². The second-order valence-electron chi connectivity index (χ2n) is 5.27. The Hall–Kier alpha value is -1.42.